The van der Waals surface area contributed by atoms with E-state index in [4.69, 9.17) is 16.9 Å². The van der Waals surface area contributed by atoms with Crippen molar-refractivity contribution in [3.05, 3.63) is 64.8 Å². The van der Waals surface area contributed by atoms with Crippen LogP contribution < -0.4 is 4.90 Å². The molecular weight excluding hydrogens is 412 g/mol. The summed E-state index contributed by atoms with van der Waals surface area (Å²) >= 11 is 6.21. The van der Waals surface area contributed by atoms with Gasteiger partial charge in [0, 0.05) is 53.4 Å². The molecule has 1 saturated heterocycles. The molecule has 0 bridgehead atoms. The molecule has 0 aliphatic carbocycles. The Bertz CT molecular complexity index is 1240. The summed E-state index contributed by atoms with van der Waals surface area (Å²) in [6, 6.07) is 17.9. The molecule has 0 saturated carbocycles. The van der Waals surface area contributed by atoms with Crippen molar-refractivity contribution in [2.75, 3.05) is 18.0 Å². The van der Waals surface area contributed by atoms with Gasteiger partial charge in [0.25, 0.3) is 0 Å². The Labute approximate surface area is 185 Å². The number of carbonyl (C=O) groups is 2. The maximum Gasteiger partial charge on any atom is 0.241 e. The zero-order valence-electron chi connectivity index (χ0n) is 16.9. The maximum absolute atomic E-state index is 13.6. The molecule has 3 aromatic rings. The minimum absolute atomic E-state index is 0.0404. The quantitative estimate of drug-likeness (QED) is 0.438. The van der Waals surface area contributed by atoms with E-state index < -0.39 is 5.41 Å². The fraction of sp³-hybridized carbons (Fsp3) is 0.292. The number of amides is 2. The number of fused-ring (bicyclic) bond motifs is 3. The predicted octanol–water partition coefficient (Wildman–Crippen LogP) is 3.86. The van der Waals surface area contributed by atoms with Crippen LogP contribution in [0.15, 0.2) is 48.5 Å². The number of aromatic nitrogens is 1. The molecule has 3 heterocycles. The predicted molar refractivity (Wildman–Crippen MR) is 119 cm³/mol. The van der Waals surface area contributed by atoms with E-state index in [1.165, 1.54) is 0 Å². The van der Waals surface area contributed by atoms with Crippen LogP contribution in [0.4, 0.5) is 5.69 Å². The number of carbonyl (C=O) groups excluding carboxylic acids is 2. The first kappa shape index (κ1) is 19.7. The number of para-hydroxylation sites is 1. The summed E-state index contributed by atoms with van der Waals surface area (Å²) in [6.45, 7) is 1.96. The molecule has 0 unspecified atom stereocenters. The van der Waals surface area contributed by atoms with Crippen LogP contribution in [0.3, 0.4) is 0 Å². The average Bonchev–Trinajstić information content (AvgIpc) is 3.20. The fourth-order valence-corrected chi connectivity index (χ4v) is 5.13. The molecule has 2 aromatic carbocycles. The highest BCUT2D eigenvalue weighted by atomic mass is 35.5. The second-order valence-corrected chi connectivity index (χ2v) is 8.69. The number of halogens is 1. The first-order valence-corrected chi connectivity index (χ1v) is 10.7. The second-order valence-electron chi connectivity index (χ2n) is 8.25. The van der Waals surface area contributed by atoms with Crippen molar-refractivity contribution in [1.29, 1.82) is 5.26 Å². The number of hydrogen-bond acceptors (Lipinski definition) is 3. The lowest BCUT2D eigenvalue weighted by molar-refractivity contribution is -0.135. The highest BCUT2D eigenvalue weighted by Gasteiger charge is 2.57. The molecule has 1 aromatic heterocycles. The van der Waals surface area contributed by atoms with E-state index in [0.29, 0.717) is 37.6 Å². The van der Waals surface area contributed by atoms with Gasteiger partial charge in [0.05, 0.1) is 12.6 Å². The first-order chi connectivity index (χ1) is 15.1. The molecule has 6 nitrogen and oxygen atoms in total. The van der Waals surface area contributed by atoms with E-state index in [0.717, 1.165) is 40.7 Å². The molecule has 2 aliphatic heterocycles. The number of unbranched alkanes of at least 4 members (excludes halogenated alkanes) is 1. The maximum atomic E-state index is 13.6. The number of rotatable bonds is 6. The number of anilines is 1. The van der Waals surface area contributed by atoms with Crippen molar-refractivity contribution in [2.45, 2.75) is 31.3 Å². The van der Waals surface area contributed by atoms with Gasteiger partial charge in [-0.05, 0) is 42.3 Å². The summed E-state index contributed by atoms with van der Waals surface area (Å²) in [4.78, 5) is 28.2. The number of nitriles is 1. The monoisotopic (exact) mass is 432 g/mol. The van der Waals surface area contributed by atoms with Crippen molar-refractivity contribution < 1.29 is 9.59 Å². The van der Waals surface area contributed by atoms with Crippen molar-refractivity contribution in [2.24, 2.45) is 0 Å². The largest absolute Gasteiger partial charge is 0.343 e. The van der Waals surface area contributed by atoms with Gasteiger partial charge in [-0.25, -0.2) is 0 Å². The number of likely N-dealkylation sites (tertiary alicyclic amines) is 1. The van der Waals surface area contributed by atoms with Gasteiger partial charge in [0.1, 0.15) is 5.41 Å². The number of hydrogen-bond donors (Lipinski definition) is 0. The van der Waals surface area contributed by atoms with Crippen LogP contribution in [0.2, 0.25) is 5.02 Å². The Hall–Kier alpha value is -3.30. The van der Waals surface area contributed by atoms with Crippen LogP contribution in [-0.2, 0) is 28.1 Å². The summed E-state index contributed by atoms with van der Waals surface area (Å²) in [5.41, 5.74) is 3.31. The van der Waals surface area contributed by atoms with Crippen LogP contribution >= 0.6 is 11.6 Å². The molecule has 31 heavy (non-hydrogen) atoms. The molecule has 2 amide bonds. The van der Waals surface area contributed by atoms with Crippen LogP contribution in [0.5, 0.6) is 0 Å². The van der Waals surface area contributed by atoms with Crippen molar-refractivity contribution in [3.8, 4) is 6.07 Å². The van der Waals surface area contributed by atoms with Crippen LogP contribution in [0.1, 0.15) is 24.1 Å². The SMILES string of the molecule is N#CCCCn1c(CN2C(=O)C3(CN(C=O)C3)c3ccccc32)cc2cc(Cl)ccc21. The Morgan fingerprint density at radius 3 is 2.74 bits per heavy atom. The van der Waals surface area contributed by atoms with Gasteiger partial charge in [-0.3, -0.25) is 9.59 Å². The zero-order chi connectivity index (χ0) is 21.6. The van der Waals surface area contributed by atoms with E-state index in [2.05, 4.69) is 16.7 Å². The van der Waals surface area contributed by atoms with E-state index in [1.54, 1.807) is 4.90 Å². The molecule has 156 valence electrons. The van der Waals surface area contributed by atoms with E-state index in [9.17, 15) is 9.59 Å². The second kappa shape index (κ2) is 7.44. The molecule has 0 N–H and O–H groups in total. The minimum Gasteiger partial charge on any atom is -0.343 e. The molecule has 0 atom stereocenters. The van der Waals surface area contributed by atoms with Gasteiger partial charge in [-0.1, -0.05) is 29.8 Å². The lowest BCUT2D eigenvalue weighted by Crippen LogP contribution is -2.63. The summed E-state index contributed by atoms with van der Waals surface area (Å²) in [5.74, 6) is 0.0404. The Kier molecular flexibility index (Phi) is 4.71. The molecular formula is C24H21ClN4O2. The summed E-state index contributed by atoms with van der Waals surface area (Å²) in [5, 5.41) is 10.6. The van der Waals surface area contributed by atoms with E-state index in [1.807, 2.05) is 47.4 Å². The van der Waals surface area contributed by atoms with Gasteiger partial charge in [0.15, 0.2) is 0 Å². The van der Waals surface area contributed by atoms with Gasteiger partial charge in [-0.15, -0.1) is 0 Å². The van der Waals surface area contributed by atoms with Gasteiger partial charge >= 0.3 is 0 Å². The normalized spacial score (nSPS) is 16.5. The number of aryl methyl sites for hydroxylation is 1. The smallest absolute Gasteiger partial charge is 0.241 e. The third-order valence-electron chi connectivity index (χ3n) is 6.40. The van der Waals surface area contributed by atoms with Crippen molar-refractivity contribution in [3.63, 3.8) is 0 Å². The van der Waals surface area contributed by atoms with E-state index in [-0.39, 0.29) is 5.91 Å². The first-order valence-electron chi connectivity index (χ1n) is 10.3. The standard InChI is InChI=1S/C24H21ClN4O2/c25-18-7-8-21-17(11-18)12-19(28(21)10-4-3-9-26)13-29-22-6-2-1-5-20(22)24(23(29)31)14-27(15-24)16-30/h1-2,5-8,11-12,16H,3-4,10,13-15H2. The zero-order valence-corrected chi connectivity index (χ0v) is 17.7. The molecule has 1 fully saturated rings. The Morgan fingerprint density at radius 2 is 1.97 bits per heavy atom. The topological polar surface area (TPSA) is 69.3 Å². The summed E-state index contributed by atoms with van der Waals surface area (Å²) in [7, 11) is 0. The lowest BCUT2D eigenvalue weighted by atomic mass is 9.75. The average molecular weight is 433 g/mol. The third kappa shape index (κ3) is 3.00. The van der Waals surface area contributed by atoms with Gasteiger partial charge < -0.3 is 14.4 Å². The summed E-state index contributed by atoms with van der Waals surface area (Å²) < 4.78 is 2.18. The Morgan fingerprint density at radius 1 is 1.16 bits per heavy atom. The fourth-order valence-electron chi connectivity index (χ4n) is 4.95. The van der Waals surface area contributed by atoms with Gasteiger partial charge in [-0.2, -0.15) is 5.26 Å². The highest BCUT2D eigenvalue weighted by molar-refractivity contribution is 6.31. The van der Waals surface area contributed by atoms with Gasteiger partial charge in [0.2, 0.25) is 12.3 Å². The molecule has 1 spiro atoms. The van der Waals surface area contributed by atoms with Crippen molar-refractivity contribution in [1.82, 2.24) is 9.47 Å². The molecule has 0 radical (unpaired) electrons. The van der Waals surface area contributed by atoms with Crippen LogP contribution in [-0.4, -0.2) is 34.9 Å². The van der Waals surface area contributed by atoms with Crippen LogP contribution in [0.25, 0.3) is 10.9 Å². The molecule has 7 heteroatoms. The summed E-state index contributed by atoms with van der Waals surface area (Å²) in [6.07, 6.45) is 2.02. The molecule has 5 rings (SSSR count). The lowest BCUT2D eigenvalue weighted by Gasteiger charge is -2.44. The number of benzene rings is 2. The third-order valence-corrected chi connectivity index (χ3v) is 6.63. The molecule has 2 aliphatic rings. The van der Waals surface area contributed by atoms with Crippen molar-refractivity contribution >= 4 is 40.5 Å². The highest BCUT2D eigenvalue weighted by Crippen LogP contribution is 2.47. The Balaban J connectivity index is 1.54. The number of nitrogens with zero attached hydrogens (tertiary/aromatic N) is 4. The van der Waals surface area contributed by atoms with E-state index >= 15 is 0 Å². The van der Waals surface area contributed by atoms with Crippen LogP contribution in [0, 0.1) is 11.3 Å². The minimum atomic E-state index is -0.640.